The number of nitrogens with zero attached hydrogens (tertiary/aromatic N) is 1. The maximum atomic E-state index is 5.28. The van der Waals surface area contributed by atoms with Crippen LogP contribution in [-0.2, 0) is 17.6 Å². The molecule has 1 heterocycles. The molecule has 84 valence electrons. The van der Waals surface area contributed by atoms with Crippen molar-refractivity contribution in [1.29, 1.82) is 0 Å². The molecule has 4 heteroatoms. The van der Waals surface area contributed by atoms with E-state index in [1.807, 2.05) is 13.0 Å². The molecule has 1 aromatic heterocycles. The minimum atomic E-state index is 0.670. The van der Waals surface area contributed by atoms with E-state index < -0.39 is 0 Å². The van der Waals surface area contributed by atoms with Crippen LogP contribution in [0.15, 0.2) is 6.07 Å². The molecule has 0 aliphatic rings. The van der Waals surface area contributed by atoms with E-state index in [0.29, 0.717) is 11.2 Å². The second kappa shape index (κ2) is 6.69. The predicted molar refractivity (Wildman–Crippen MR) is 63.6 cm³/mol. The molecule has 0 aliphatic carbocycles. The highest BCUT2D eigenvalue weighted by Crippen LogP contribution is 2.02. The van der Waals surface area contributed by atoms with Crippen molar-refractivity contribution in [2.45, 2.75) is 33.1 Å². The summed E-state index contributed by atoms with van der Waals surface area (Å²) in [6, 6.07) is 1.93. The molecule has 0 aromatic carbocycles. The van der Waals surface area contributed by atoms with Crippen LogP contribution in [-0.4, -0.2) is 23.2 Å². The Bertz CT molecular complexity index is 349. The average molecular weight is 226 g/mol. The molecule has 0 saturated carbocycles. The maximum absolute atomic E-state index is 5.28. The number of aromatic amines is 1. The molecule has 0 aliphatic heterocycles. The smallest absolute Gasteiger partial charge is 0.129 e. The lowest BCUT2D eigenvalue weighted by molar-refractivity contribution is 0.149. The second-order valence-corrected chi connectivity index (χ2v) is 3.81. The molecule has 0 unspecified atom stereocenters. The predicted octanol–water partition coefficient (Wildman–Crippen LogP) is 2.67. The van der Waals surface area contributed by atoms with Crippen molar-refractivity contribution < 1.29 is 4.74 Å². The van der Waals surface area contributed by atoms with E-state index in [4.69, 9.17) is 17.0 Å². The quantitative estimate of drug-likeness (QED) is 0.598. The van der Waals surface area contributed by atoms with Gasteiger partial charge in [-0.25, -0.2) is 4.98 Å². The van der Waals surface area contributed by atoms with Crippen molar-refractivity contribution >= 4 is 12.2 Å². The summed E-state index contributed by atoms with van der Waals surface area (Å²) >= 11 is 5.11. The van der Waals surface area contributed by atoms with Crippen LogP contribution >= 0.6 is 12.2 Å². The van der Waals surface area contributed by atoms with Crippen molar-refractivity contribution in [2.75, 3.05) is 13.2 Å². The molecule has 0 radical (unpaired) electrons. The fourth-order valence-corrected chi connectivity index (χ4v) is 1.65. The Morgan fingerprint density at radius 3 is 2.87 bits per heavy atom. The van der Waals surface area contributed by atoms with Gasteiger partial charge in [-0.05, 0) is 19.4 Å². The van der Waals surface area contributed by atoms with E-state index in [0.717, 1.165) is 31.7 Å². The van der Waals surface area contributed by atoms with Crippen LogP contribution in [0.5, 0.6) is 0 Å². The lowest BCUT2D eigenvalue weighted by Crippen LogP contribution is -2.04. The summed E-state index contributed by atoms with van der Waals surface area (Å²) in [6.07, 6.45) is 2.93. The number of aryl methyl sites for hydroxylation is 1. The number of hydrogen-bond acceptors (Lipinski definition) is 3. The standard InChI is InChI=1S/C11H18N2OS/c1-3-5-9-8-11(15)13-10(12-9)6-7-14-4-2/h8H,3-7H2,1-2H3,(H,12,13,15). The zero-order valence-corrected chi connectivity index (χ0v) is 10.2. The third kappa shape index (κ3) is 4.53. The van der Waals surface area contributed by atoms with Gasteiger partial charge in [-0.15, -0.1) is 0 Å². The number of ether oxygens (including phenoxy) is 1. The van der Waals surface area contributed by atoms with E-state index in [-0.39, 0.29) is 0 Å². The van der Waals surface area contributed by atoms with Gasteiger partial charge in [-0.3, -0.25) is 0 Å². The number of nitrogens with one attached hydrogen (secondary N) is 1. The Morgan fingerprint density at radius 2 is 2.20 bits per heavy atom. The van der Waals surface area contributed by atoms with Crippen LogP contribution in [0.25, 0.3) is 0 Å². The molecule has 1 aromatic rings. The van der Waals surface area contributed by atoms with Gasteiger partial charge in [0.15, 0.2) is 0 Å². The topological polar surface area (TPSA) is 37.9 Å². The van der Waals surface area contributed by atoms with Crippen molar-refractivity contribution in [3.8, 4) is 0 Å². The maximum Gasteiger partial charge on any atom is 0.129 e. The lowest BCUT2D eigenvalue weighted by Gasteiger charge is -2.05. The molecule has 1 rings (SSSR count). The first-order valence-corrected chi connectivity index (χ1v) is 5.84. The molecule has 0 bridgehead atoms. The van der Waals surface area contributed by atoms with Crippen molar-refractivity contribution in [3.05, 3.63) is 22.2 Å². The minimum Gasteiger partial charge on any atom is -0.381 e. The van der Waals surface area contributed by atoms with Crippen LogP contribution in [0.2, 0.25) is 0 Å². The van der Waals surface area contributed by atoms with Gasteiger partial charge in [-0.1, -0.05) is 25.6 Å². The van der Waals surface area contributed by atoms with Crippen molar-refractivity contribution in [3.63, 3.8) is 0 Å². The molecule has 0 spiro atoms. The van der Waals surface area contributed by atoms with Crippen molar-refractivity contribution in [2.24, 2.45) is 0 Å². The van der Waals surface area contributed by atoms with E-state index in [9.17, 15) is 0 Å². The van der Waals surface area contributed by atoms with E-state index >= 15 is 0 Å². The van der Waals surface area contributed by atoms with Gasteiger partial charge >= 0.3 is 0 Å². The van der Waals surface area contributed by atoms with Crippen LogP contribution in [0.4, 0.5) is 0 Å². The zero-order chi connectivity index (χ0) is 11.1. The lowest BCUT2D eigenvalue weighted by atomic mass is 10.2. The molecule has 3 nitrogen and oxygen atoms in total. The molecular weight excluding hydrogens is 208 g/mol. The van der Waals surface area contributed by atoms with E-state index in [2.05, 4.69) is 16.9 Å². The molecule has 0 saturated heterocycles. The summed E-state index contributed by atoms with van der Waals surface area (Å²) < 4.78 is 5.95. The molecule has 1 N–H and O–H groups in total. The van der Waals surface area contributed by atoms with E-state index in [1.54, 1.807) is 0 Å². The molecule has 0 fully saturated rings. The van der Waals surface area contributed by atoms with Crippen LogP contribution in [0, 0.1) is 4.64 Å². The number of hydrogen-bond donors (Lipinski definition) is 1. The van der Waals surface area contributed by atoms with E-state index in [1.165, 1.54) is 5.69 Å². The highest BCUT2D eigenvalue weighted by molar-refractivity contribution is 7.71. The Balaban J connectivity index is 2.66. The normalized spacial score (nSPS) is 10.5. The SMILES string of the molecule is CCCc1cc(=S)nc(CCOCC)[nH]1. The Kier molecular flexibility index (Phi) is 5.50. The third-order valence-corrected chi connectivity index (χ3v) is 2.26. The number of aromatic nitrogens is 2. The molecule has 0 atom stereocenters. The summed E-state index contributed by atoms with van der Waals surface area (Å²) in [5.41, 5.74) is 1.17. The Labute approximate surface area is 95.9 Å². The largest absolute Gasteiger partial charge is 0.381 e. The van der Waals surface area contributed by atoms with Gasteiger partial charge < -0.3 is 9.72 Å². The number of H-pyrrole nitrogens is 1. The highest BCUT2D eigenvalue weighted by atomic mass is 32.1. The van der Waals surface area contributed by atoms with Gasteiger partial charge in [0.05, 0.1) is 6.61 Å². The average Bonchev–Trinajstić information content (AvgIpc) is 2.18. The van der Waals surface area contributed by atoms with Crippen LogP contribution in [0.1, 0.15) is 31.8 Å². The summed E-state index contributed by atoms with van der Waals surface area (Å²) in [5.74, 6) is 0.930. The highest BCUT2D eigenvalue weighted by Gasteiger charge is 1.98. The van der Waals surface area contributed by atoms with Crippen LogP contribution in [0.3, 0.4) is 0 Å². The number of rotatable bonds is 6. The zero-order valence-electron chi connectivity index (χ0n) is 9.38. The van der Waals surface area contributed by atoms with Gasteiger partial charge in [-0.2, -0.15) is 0 Å². The fraction of sp³-hybridized carbons (Fsp3) is 0.636. The Hall–Kier alpha value is -0.740. The summed E-state index contributed by atoms with van der Waals surface area (Å²) in [7, 11) is 0. The monoisotopic (exact) mass is 226 g/mol. The second-order valence-electron chi connectivity index (χ2n) is 3.39. The van der Waals surface area contributed by atoms with Crippen molar-refractivity contribution in [1.82, 2.24) is 9.97 Å². The molecule has 0 amide bonds. The fourth-order valence-electron chi connectivity index (χ4n) is 1.40. The van der Waals surface area contributed by atoms with Crippen LogP contribution < -0.4 is 0 Å². The minimum absolute atomic E-state index is 0.670. The van der Waals surface area contributed by atoms with Gasteiger partial charge in [0, 0.05) is 18.7 Å². The Morgan fingerprint density at radius 1 is 1.40 bits per heavy atom. The third-order valence-electron chi connectivity index (χ3n) is 2.05. The first kappa shape index (κ1) is 12.3. The molecule has 15 heavy (non-hydrogen) atoms. The first-order valence-electron chi connectivity index (χ1n) is 5.43. The summed E-state index contributed by atoms with van der Waals surface area (Å²) in [6.45, 7) is 5.58. The first-order chi connectivity index (χ1) is 7.26. The summed E-state index contributed by atoms with van der Waals surface area (Å²) in [5, 5.41) is 0. The van der Waals surface area contributed by atoms with Gasteiger partial charge in [0.1, 0.15) is 10.5 Å². The summed E-state index contributed by atoms with van der Waals surface area (Å²) in [4.78, 5) is 7.55. The molecular formula is C11H18N2OS. The van der Waals surface area contributed by atoms with Gasteiger partial charge in [0.25, 0.3) is 0 Å². The van der Waals surface area contributed by atoms with Gasteiger partial charge in [0.2, 0.25) is 0 Å².